The number of allylic oxidation sites excluding steroid dienone is 3. The lowest BCUT2D eigenvalue weighted by Crippen LogP contribution is -1.65. The van der Waals surface area contributed by atoms with Gasteiger partial charge in [0.15, 0.2) is 0 Å². The van der Waals surface area contributed by atoms with Crippen molar-refractivity contribution >= 4 is 7.92 Å². The summed E-state index contributed by atoms with van der Waals surface area (Å²) in [5.74, 6) is 2.38. The monoisotopic (exact) mass is 110 g/mol. The zero-order valence-corrected chi connectivity index (χ0v) is 4.99. The van der Waals surface area contributed by atoms with Crippen molar-refractivity contribution < 1.29 is 0 Å². The molecule has 2 aliphatic rings. The molecule has 0 aromatic carbocycles. The highest BCUT2D eigenvalue weighted by Gasteiger charge is 2.16. The smallest absolute Gasteiger partial charge is 0.00387 e. The topological polar surface area (TPSA) is 0 Å². The Morgan fingerprint density at radius 3 is 2.71 bits per heavy atom. The predicted octanol–water partition coefficient (Wildman–Crippen LogP) is 1.94. The quantitative estimate of drug-likeness (QED) is 0.418. The first-order chi connectivity index (χ1) is 3.45. The molecule has 0 spiro atoms. The second-order valence-electron chi connectivity index (χ2n) is 2.02. The predicted molar refractivity (Wildman–Crippen MR) is 33.9 cm³/mol. The Labute approximate surface area is 44.7 Å². The van der Waals surface area contributed by atoms with Gasteiger partial charge in [-0.15, -0.1) is 0 Å². The van der Waals surface area contributed by atoms with Gasteiger partial charge in [-0.1, -0.05) is 25.9 Å². The van der Waals surface area contributed by atoms with E-state index in [-0.39, 0.29) is 0 Å². The Balaban J connectivity index is 2.45. The van der Waals surface area contributed by atoms with Crippen LogP contribution in [0.3, 0.4) is 0 Å². The zero-order valence-electron chi connectivity index (χ0n) is 4.09. The van der Waals surface area contributed by atoms with Gasteiger partial charge in [0, 0.05) is 0 Å². The summed E-state index contributed by atoms with van der Waals surface area (Å²) in [5.41, 5.74) is 1.59. The second-order valence-corrected chi connectivity index (χ2v) is 4.18. The van der Waals surface area contributed by atoms with E-state index in [1.165, 1.54) is 12.3 Å². The van der Waals surface area contributed by atoms with E-state index < -0.39 is 0 Å². The molecule has 1 atom stereocenters. The molecule has 2 rings (SSSR count). The average molecular weight is 110 g/mol. The van der Waals surface area contributed by atoms with Crippen molar-refractivity contribution in [2.75, 3.05) is 12.3 Å². The molecule has 1 heteroatoms. The van der Waals surface area contributed by atoms with Gasteiger partial charge in [-0.3, -0.25) is 0 Å². The molecule has 0 N–H and O–H groups in total. The Bertz CT molecular complexity index is 144. The molecule has 2 bridgehead atoms. The molecule has 0 radical (unpaired) electrons. The van der Waals surface area contributed by atoms with Crippen LogP contribution in [-0.2, 0) is 0 Å². The van der Waals surface area contributed by atoms with Gasteiger partial charge in [-0.2, -0.15) is 0 Å². The SMILES string of the molecule is C1=CP2CC=C1C2. The van der Waals surface area contributed by atoms with Crippen LogP contribution in [0.15, 0.2) is 23.5 Å². The number of fused-ring (bicyclic) bond motifs is 2. The first-order valence-corrected chi connectivity index (χ1v) is 4.34. The molecule has 0 nitrogen and oxygen atoms in total. The Morgan fingerprint density at radius 1 is 1.57 bits per heavy atom. The second kappa shape index (κ2) is 1.20. The normalized spacial score (nSPS) is 34.3. The third-order valence-electron chi connectivity index (χ3n) is 1.47. The summed E-state index contributed by atoms with van der Waals surface area (Å²) in [6.07, 6.45) is 7.41. The van der Waals surface area contributed by atoms with E-state index in [0.717, 1.165) is 0 Å². The maximum atomic E-state index is 2.38. The standard InChI is InChI=1S/C6H7P/c1-3-7-4-2-6(1)5-7/h1-3H,4-5H2. The average Bonchev–Trinajstić information content (AvgIpc) is 2.22. The first kappa shape index (κ1) is 3.86. The van der Waals surface area contributed by atoms with E-state index in [1.54, 1.807) is 5.57 Å². The summed E-state index contributed by atoms with van der Waals surface area (Å²) in [5, 5.41) is 0. The first-order valence-electron chi connectivity index (χ1n) is 2.56. The van der Waals surface area contributed by atoms with Gasteiger partial charge >= 0.3 is 0 Å². The molecule has 0 saturated heterocycles. The molecular weight excluding hydrogens is 103 g/mol. The van der Waals surface area contributed by atoms with E-state index in [9.17, 15) is 0 Å². The van der Waals surface area contributed by atoms with Crippen molar-refractivity contribution in [2.45, 2.75) is 0 Å². The molecule has 0 fully saturated rings. The molecule has 1 unspecified atom stereocenters. The molecule has 0 amide bonds. The fraction of sp³-hybridized carbons (Fsp3) is 0.333. The van der Waals surface area contributed by atoms with Gasteiger partial charge < -0.3 is 0 Å². The maximum absolute atomic E-state index is 2.38. The highest BCUT2D eigenvalue weighted by molar-refractivity contribution is 7.62. The molecular formula is C6H7P. The van der Waals surface area contributed by atoms with E-state index >= 15 is 0 Å². The van der Waals surface area contributed by atoms with Crippen molar-refractivity contribution in [3.8, 4) is 0 Å². The lowest BCUT2D eigenvalue weighted by atomic mass is 10.3. The summed E-state index contributed by atoms with van der Waals surface area (Å²) >= 11 is 0. The Hall–Kier alpha value is -0.0900. The van der Waals surface area contributed by atoms with Crippen LogP contribution < -0.4 is 0 Å². The van der Waals surface area contributed by atoms with E-state index in [2.05, 4.69) is 18.0 Å². The molecule has 0 saturated carbocycles. The zero-order chi connectivity index (χ0) is 4.69. The largest absolute Gasteiger partial charge is 0.0763 e. The van der Waals surface area contributed by atoms with Crippen LogP contribution in [0.2, 0.25) is 0 Å². The molecule has 0 aromatic rings. The molecule has 36 valence electrons. The summed E-state index contributed by atoms with van der Waals surface area (Å²) in [4.78, 5) is 0. The van der Waals surface area contributed by atoms with Crippen LogP contribution in [0.1, 0.15) is 0 Å². The highest BCUT2D eigenvalue weighted by Crippen LogP contribution is 2.49. The van der Waals surface area contributed by atoms with Gasteiger partial charge in [0.05, 0.1) is 0 Å². The van der Waals surface area contributed by atoms with Crippen molar-refractivity contribution in [2.24, 2.45) is 0 Å². The van der Waals surface area contributed by atoms with E-state index in [4.69, 9.17) is 0 Å². The lowest BCUT2D eigenvalue weighted by molar-refractivity contribution is 1.59. The van der Waals surface area contributed by atoms with Gasteiger partial charge in [-0.05, 0) is 17.9 Å². The van der Waals surface area contributed by atoms with Crippen molar-refractivity contribution in [1.29, 1.82) is 0 Å². The van der Waals surface area contributed by atoms with Crippen LogP contribution in [0.4, 0.5) is 0 Å². The fourth-order valence-electron chi connectivity index (χ4n) is 1.03. The molecule has 7 heavy (non-hydrogen) atoms. The molecule has 2 heterocycles. The molecule has 0 aliphatic carbocycles. The summed E-state index contributed by atoms with van der Waals surface area (Å²) < 4.78 is 0. The Morgan fingerprint density at radius 2 is 2.57 bits per heavy atom. The number of rotatable bonds is 0. The maximum Gasteiger partial charge on any atom is -0.00387 e. The van der Waals surface area contributed by atoms with Crippen LogP contribution >= 0.6 is 7.92 Å². The summed E-state index contributed by atoms with van der Waals surface area (Å²) in [7, 11) is 0.358. The van der Waals surface area contributed by atoms with Gasteiger partial charge in [0.25, 0.3) is 0 Å². The lowest BCUT2D eigenvalue weighted by Gasteiger charge is -1.93. The minimum Gasteiger partial charge on any atom is -0.0763 e. The third-order valence-corrected chi connectivity index (χ3v) is 3.47. The van der Waals surface area contributed by atoms with Crippen LogP contribution in [0.25, 0.3) is 0 Å². The number of hydrogen-bond acceptors (Lipinski definition) is 0. The van der Waals surface area contributed by atoms with Crippen LogP contribution in [-0.4, -0.2) is 12.3 Å². The minimum atomic E-state index is 0.358. The summed E-state index contributed by atoms with van der Waals surface area (Å²) in [6, 6.07) is 0. The number of hydrogen-bond donors (Lipinski definition) is 0. The fourth-order valence-corrected chi connectivity index (χ4v) is 2.96. The van der Waals surface area contributed by atoms with Gasteiger partial charge in [0.1, 0.15) is 0 Å². The van der Waals surface area contributed by atoms with E-state index in [0.29, 0.717) is 7.92 Å². The Kier molecular flexibility index (Phi) is 0.660. The van der Waals surface area contributed by atoms with Crippen LogP contribution in [0.5, 0.6) is 0 Å². The van der Waals surface area contributed by atoms with Crippen LogP contribution in [0, 0.1) is 0 Å². The highest BCUT2D eigenvalue weighted by atomic mass is 31.1. The van der Waals surface area contributed by atoms with Gasteiger partial charge in [-0.25, -0.2) is 0 Å². The minimum absolute atomic E-state index is 0.358. The third kappa shape index (κ3) is 0.467. The van der Waals surface area contributed by atoms with E-state index in [1.807, 2.05) is 0 Å². The van der Waals surface area contributed by atoms with Crippen molar-refractivity contribution in [3.63, 3.8) is 0 Å². The van der Waals surface area contributed by atoms with Crippen molar-refractivity contribution in [1.82, 2.24) is 0 Å². The van der Waals surface area contributed by atoms with Crippen molar-refractivity contribution in [3.05, 3.63) is 23.5 Å². The van der Waals surface area contributed by atoms with Gasteiger partial charge in [0.2, 0.25) is 0 Å². The molecule has 2 aliphatic heterocycles. The summed E-state index contributed by atoms with van der Waals surface area (Å²) in [6.45, 7) is 0. The molecule has 0 aromatic heterocycles.